The normalized spacial score (nSPS) is 20.7. The highest BCUT2D eigenvalue weighted by Gasteiger charge is 2.21. The zero-order chi connectivity index (χ0) is 11.3. The summed E-state index contributed by atoms with van der Waals surface area (Å²) in [5, 5.41) is 3.13. The van der Waals surface area contributed by atoms with Gasteiger partial charge in [-0.25, -0.2) is 8.42 Å². The Labute approximate surface area is 93.6 Å². The van der Waals surface area contributed by atoms with E-state index in [0.29, 0.717) is 18.3 Å². The zero-order valence-corrected chi connectivity index (χ0v) is 10.6. The lowest BCUT2D eigenvalue weighted by atomic mass is 10.2. The number of rotatable bonds is 6. The predicted molar refractivity (Wildman–Crippen MR) is 63.8 cm³/mol. The van der Waals surface area contributed by atoms with Gasteiger partial charge in [0, 0.05) is 12.6 Å². The average Bonchev–Trinajstić information content (AvgIpc) is 2.66. The summed E-state index contributed by atoms with van der Waals surface area (Å²) in [5.74, 6) is 0.320. The number of hydrogen-bond acceptors (Lipinski definition) is 3. The molecule has 0 spiro atoms. The van der Waals surface area contributed by atoms with E-state index in [0.717, 1.165) is 6.42 Å². The van der Waals surface area contributed by atoms with Gasteiger partial charge in [-0.1, -0.05) is 19.8 Å². The second kappa shape index (κ2) is 5.85. The highest BCUT2D eigenvalue weighted by Crippen LogP contribution is 2.17. The van der Waals surface area contributed by atoms with Crippen molar-refractivity contribution in [3.8, 4) is 0 Å². The molecule has 0 aromatic carbocycles. The monoisotopic (exact) mass is 233 g/mol. The molecule has 4 heteroatoms. The SMILES string of the molecule is CCCS(=O)(=O)C(C)CNC1CCCC1. The van der Waals surface area contributed by atoms with Crippen molar-refractivity contribution in [1.82, 2.24) is 5.32 Å². The van der Waals surface area contributed by atoms with Gasteiger partial charge in [0.25, 0.3) is 0 Å². The van der Waals surface area contributed by atoms with Crippen LogP contribution in [-0.4, -0.2) is 32.0 Å². The molecule has 90 valence electrons. The number of hydrogen-bond donors (Lipinski definition) is 1. The van der Waals surface area contributed by atoms with Crippen molar-refractivity contribution in [2.24, 2.45) is 0 Å². The molecule has 1 atom stereocenters. The van der Waals surface area contributed by atoms with E-state index in [1.807, 2.05) is 13.8 Å². The Kier molecular flexibility index (Phi) is 5.06. The molecule has 15 heavy (non-hydrogen) atoms. The molecule has 1 fully saturated rings. The first-order valence-electron chi connectivity index (χ1n) is 6.01. The number of sulfone groups is 1. The summed E-state index contributed by atoms with van der Waals surface area (Å²) >= 11 is 0. The fraction of sp³-hybridized carbons (Fsp3) is 1.00. The van der Waals surface area contributed by atoms with Crippen molar-refractivity contribution in [3.63, 3.8) is 0 Å². The molecule has 1 N–H and O–H groups in total. The van der Waals surface area contributed by atoms with Gasteiger partial charge in [-0.2, -0.15) is 0 Å². The molecule has 0 radical (unpaired) electrons. The molecule has 1 aliphatic rings. The molecule has 1 saturated carbocycles. The maximum Gasteiger partial charge on any atom is 0.154 e. The summed E-state index contributed by atoms with van der Waals surface area (Å²) < 4.78 is 23.4. The highest BCUT2D eigenvalue weighted by atomic mass is 32.2. The summed E-state index contributed by atoms with van der Waals surface area (Å²) in [6, 6.07) is 0.560. The Morgan fingerprint density at radius 2 is 1.93 bits per heavy atom. The highest BCUT2D eigenvalue weighted by molar-refractivity contribution is 7.92. The van der Waals surface area contributed by atoms with E-state index in [2.05, 4.69) is 5.32 Å². The molecule has 0 aromatic rings. The first-order valence-corrected chi connectivity index (χ1v) is 7.72. The van der Waals surface area contributed by atoms with Crippen LogP contribution in [0.1, 0.15) is 46.0 Å². The molecule has 0 aliphatic heterocycles. The fourth-order valence-corrected chi connectivity index (χ4v) is 3.40. The smallest absolute Gasteiger partial charge is 0.154 e. The third-order valence-corrected chi connectivity index (χ3v) is 5.52. The summed E-state index contributed by atoms with van der Waals surface area (Å²) in [6.45, 7) is 4.34. The van der Waals surface area contributed by atoms with Gasteiger partial charge in [-0.15, -0.1) is 0 Å². The van der Waals surface area contributed by atoms with Crippen molar-refractivity contribution in [1.29, 1.82) is 0 Å². The number of nitrogens with one attached hydrogen (secondary N) is 1. The van der Waals surface area contributed by atoms with Gasteiger partial charge < -0.3 is 5.32 Å². The third-order valence-electron chi connectivity index (χ3n) is 3.15. The minimum atomic E-state index is -2.86. The summed E-state index contributed by atoms with van der Waals surface area (Å²) in [6.07, 6.45) is 5.71. The van der Waals surface area contributed by atoms with Gasteiger partial charge >= 0.3 is 0 Å². The van der Waals surface area contributed by atoms with Crippen LogP contribution in [0.5, 0.6) is 0 Å². The van der Waals surface area contributed by atoms with Crippen LogP contribution in [0.15, 0.2) is 0 Å². The Balaban J connectivity index is 2.31. The lowest BCUT2D eigenvalue weighted by Crippen LogP contribution is -2.37. The molecule has 1 aliphatic carbocycles. The van der Waals surface area contributed by atoms with Crippen molar-refractivity contribution >= 4 is 9.84 Å². The largest absolute Gasteiger partial charge is 0.313 e. The second-order valence-electron chi connectivity index (χ2n) is 4.57. The molecule has 0 saturated heterocycles. The Morgan fingerprint density at radius 3 is 2.47 bits per heavy atom. The van der Waals surface area contributed by atoms with Crippen LogP contribution >= 0.6 is 0 Å². The second-order valence-corrected chi connectivity index (χ2v) is 7.11. The molecule has 3 nitrogen and oxygen atoms in total. The van der Waals surface area contributed by atoms with Gasteiger partial charge in [-0.05, 0) is 26.2 Å². The first-order chi connectivity index (χ1) is 7.06. The van der Waals surface area contributed by atoms with Crippen molar-refractivity contribution < 1.29 is 8.42 Å². The lowest BCUT2D eigenvalue weighted by Gasteiger charge is -2.17. The van der Waals surface area contributed by atoms with Crippen molar-refractivity contribution in [2.75, 3.05) is 12.3 Å². The van der Waals surface area contributed by atoms with Crippen molar-refractivity contribution in [2.45, 2.75) is 57.2 Å². The van der Waals surface area contributed by atoms with E-state index < -0.39 is 9.84 Å². The molecular formula is C11H23NO2S. The van der Waals surface area contributed by atoms with Crippen molar-refractivity contribution in [3.05, 3.63) is 0 Å². The van der Waals surface area contributed by atoms with E-state index in [4.69, 9.17) is 0 Å². The van der Waals surface area contributed by atoms with E-state index in [1.165, 1.54) is 25.7 Å². The van der Waals surface area contributed by atoms with Crippen LogP contribution in [0.2, 0.25) is 0 Å². The molecule has 0 bridgehead atoms. The average molecular weight is 233 g/mol. The van der Waals surface area contributed by atoms with E-state index in [9.17, 15) is 8.42 Å². The quantitative estimate of drug-likeness (QED) is 0.760. The van der Waals surface area contributed by atoms with Gasteiger partial charge in [0.15, 0.2) is 9.84 Å². The van der Waals surface area contributed by atoms with Gasteiger partial charge in [0.2, 0.25) is 0 Å². The Morgan fingerprint density at radius 1 is 1.33 bits per heavy atom. The van der Waals surface area contributed by atoms with Crippen LogP contribution in [0.25, 0.3) is 0 Å². The summed E-state index contributed by atoms with van der Waals surface area (Å²) in [4.78, 5) is 0. The molecule has 0 amide bonds. The Hall–Kier alpha value is -0.0900. The molecule has 0 heterocycles. The fourth-order valence-electron chi connectivity index (χ4n) is 2.08. The third kappa shape index (κ3) is 4.11. The van der Waals surface area contributed by atoms with E-state index in [1.54, 1.807) is 0 Å². The van der Waals surface area contributed by atoms with Gasteiger partial charge in [0.05, 0.1) is 11.0 Å². The maximum absolute atomic E-state index is 11.7. The molecule has 0 aromatic heterocycles. The minimum absolute atomic E-state index is 0.238. The molecule has 1 rings (SSSR count). The predicted octanol–water partition coefficient (Wildman–Crippen LogP) is 1.73. The zero-order valence-electron chi connectivity index (χ0n) is 9.83. The standard InChI is InChI=1S/C11H23NO2S/c1-3-8-15(13,14)10(2)9-12-11-6-4-5-7-11/h10-12H,3-9H2,1-2H3. The minimum Gasteiger partial charge on any atom is -0.313 e. The van der Waals surface area contributed by atoms with Gasteiger partial charge in [-0.3, -0.25) is 0 Å². The summed E-state index contributed by atoms with van der Waals surface area (Å²) in [7, 11) is -2.86. The van der Waals surface area contributed by atoms with Gasteiger partial charge in [0.1, 0.15) is 0 Å². The summed E-state index contributed by atoms with van der Waals surface area (Å²) in [5.41, 5.74) is 0. The lowest BCUT2D eigenvalue weighted by molar-refractivity contribution is 0.512. The van der Waals surface area contributed by atoms with E-state index >= 15 is 0 Å². The van der Waals surface area contributed by atoms with E-state index in [-0.39, 0.29) is 5.25 Å². The topological polar surface area (TPSA) is 46.2 Å². The van der Waals surface area contributed by atoms with Crippen LogP contribution in [0, 0.1) is 0 Å². The molecule has 1 unspecified atom stereocenters. The molecular weight excluding hydrogens is 210 g/mol. The first kappa shape index (κ1) is 13.0. The van der Waals surface area contributed by atoms with Crippen LogP contribution in [-0.2, 0) is 9.84 Å². The van der Waals surface area contributed by atoms with Crippen LogP contribution in [0.3, 0.4) is 0 Å². The Bertz CT molecular complexity index is 268. The maximum atomic E-state index is 11.7. The van der Waals surface area contributed by atoms with Crippen LogP contribution < -0.4 is 5.32 Å². The van der Waals surface area contributed by atoms with Crippen LogP contribution in [0.4, 0.5) is 0 Å².